The van der Waals surface area contributed by atoms with E-state index in [1.165, 1.54) is 5.56 Å². The van der Waals surface area contributed by atoms with Crippen molar-refractivity contribution < 1.29 is 0 Å². The van der Waals surface area contributed by atoms with Gasteiger partial charge in [-0.15, -0.1) is 0 Å². The van der Waals surface area contributed by atoms with Gasteiger partial charge in [-0.3, -0.25) is 5.84 Å². The molecular weight excluding hydrogens is 346 g/mol. The highest BCUT2D eigenvalue weighted by Gasteiger charge is 2.65. The van der Waals surface area contributed by atoms with E-state index in [0.29, 0.717) is 19.4 Å². The van der Waals surface area contributed by atoms with Crippen LogP contribution in [-0.4, -0.2) is 28.3 Å². The Morgan fingerprint density at radius 3 is 2.07 bits per heavy atom. The van der Waals surface area contributed by atoms with Crippen LogP contribution in [-0.2, 0) is 6.42 Å². The molecule has 5 heteroatoms. The van der Waals surface area contributed by atoms with E-state index >= 15 is 0 Å². The summed E-state index contributed by atoms with van der Waals surface area (Å²) in [5.41, 5.74) is 14.5. The highest BCUT2D eigenvalue weighted by molar-refractivity contribution is 5.49. The maximum Gasteiger partial charge on any atom is 0.127 e. The summed E-state index contributed by atoms with van der Waals surface area (Å²) in [6.45, 7) is 7.09. The number of nitrogens with one attached hydrogen (secondary N) is 1. The van der Waals surface area contributed by atoms with Crippen LogP contribution in [0.3, 0.4) is 0 Å². The monoisotopic (exact) mass is 381 g/mol. The molecule has 28 heavy (non-hydrogen) atoms. The quantitative estimate of drug-likeness (QED) is 0.577. The van der Waals surface area contributed by atoms with Gasteiger partial charge in [0.2, 0.25) is 0 Å². The molecule has 7 N–H and O–H groups in total. The smallest absolute Gasteiger partial charge is 0.127 e. The normalized spacial score (nSPS) is 33.6. The molecule has 1 heterocycles. The molecular formula is C23H35N5. The van der Waals surface area contributed by atoms with Crippen molar-refractivity contribution in [1.29, 1.82) is 0 Å². The minimum absolute atomic E-state index is 0.175. The van der Waals surface area contributed by atoms with E-state index in [1.54, 1.807) is 0 Å². The molecule has 3 rings (SSSR count). The van der Waals surface area contributed by atoms with Gasteiger partial charge in [0.15, 0.2) is 0 Å². The summed E-state index contributed by atoms with van der Waals surface area (Å²) in [6.07, 6.45) is 2.16. The zero-order valence-corrected chi connectivity index (χ0v) is 17.4. The molecule has 0 aromatic heterocycles. The summed E-state index contributed by atoms with van der Waals surface area (Å²) < 4.78 is 0. The van der Waals surface area contributed by atoms with Gasteiger partial charge in [0.05, 0.1) is 5.54 Å². The van der Waals surface area contributed by atoms with Crippen molar-refractivity contribution in [3.8, 4) is 0 Å². The molecule has 1 fully saturated rings. The van der Waals surface area contributed by atoms with Crippen molar-refractivity contribution in [1.82, 2.24) is 5.01 Å². The first kappa shape index (κ1) is 20.8. The van der Waals surface area contributed by atoms with Crippen molar-refractivity contribution in [2.24, 2.45) is 23.2 Å². The third-order valence-electron chi connectivity index (χ3n) is 6.98. The fourth-order valence-electron chi connectivity index (χ4n) is 5.12. The second-order valence-corrected chi connectivity index (χ2v) is 8.29. The molecule has 0 aliphatic carbocycles. The van der Waals surface area contributed by atoms with Crippen molar-refractivity contribution in [2.45, 2.75) is 56.8 Å². The topological polar surface area (TPSA) is 93.3 Å². The highest BCUT2D eigenvalue weighted by atomic mass is 15.5. The van der Waals surface area contributed by atoms with E-state index in [9.17, 15) is 0 Å². The number of piperidine rings is 1. The molecule has 0 bridgehead atoms. The van der Waals surface area contributed by atoms with Gasteiger partial charge in [0, 0.05) is 24.2 Å². The lowest BCUT2D eigenvalue weighted by molar-refractivity contribution is -0.0878. The average molecular weight is 382 g/mol. The minimum Gasteiger partial charge on any atom is -0.364 e. The van der Waals surface area contributed by atoms with Crippen LogP contribution in [0.15, 0.2) is 60.7 Å². The molecule has 0 saturated carbocycles. The maximum atomic E-state index is 7.29. The third-order valence-corrected chi connectivity index (χ3v) is 6.98. The van der Waals surface area contributed by atoms with Crippen LogP contribution in [0.25, 0.3) is 0 Å². The zero-order valence-electron chi connectivity index (χ0n) is 17.4. The van der Waals surface area contributed by atoms with Gasteiger partial charge in [-0.25, -0.2) is 5.01 Å². The second-order valence-electron chi connectivity index (χ2n) is 8.29. The Bertz CT molecular complexity index is 724. The van der Waals surface area contributed by atoms with Crippen molar-refractivity contribution in [3.05, 3.63) is 66.2 Å². The Labute approximate surface area is 169 Å². The lowest BCUT2D eigenvalue weighted by Crippen LogP contribution is -2.89. The van der Waals surface area contributed by atoms with Crippen LogP contribution in [0.4, 0.5) is 5.69 Å². The van der Waals surface area contributed by atoms with E-state index in [2.05, 4.69) is 62.5 Å². The molecule has 1 aliphatic rings. The number of anilines is 1. The molecule has 4 unspecified atom stereocenters. The summed E-state index contributed by atoms with van der Waals surface area (Å²) in [5, 5.41) is 5.64. The summed E-state index contributed by atoms with van der Waals surface area (Å²) in [7, 11) is 0. The standard InChI is InChI=1S/C23H35N5/c1-4-21(24)18(3)17-28(26)23(22(21,25)5-2,16-19-12-8-6-9-13-19)27-20-14-10-7-11-15-20/h6-15,18,27H,4-5,16-17,24-26H2,1-3H3. The maximum absolute atomic E-state index is 7.29. The number of hydrogen-bond donors (Lipinski definition) is 4. The lowest BCUT2D eigenvalue weighted by Gasteiger charge is -2.66. The van der Waals surface area contributed by atoms with E-state index in [1.807, 2.05) is 29.3 Å². The molecule has 4 atom stereocenters. The summed E-state index contributed by atoms with van der Waals surface area (Å²) in [4.78, 5) is 0. The summed E-state index contributed by atoms with van der Waals surface area (Å²) >= 11 is 0. The Morgan fingerprint density at radius 1 is 0.964 bits per heavy atom. The molecule has 1 aliphatic heterocycles. The average Bonchev–Trinajstić information content (AvgIpc) is 2.72. The number of benzene rings is 2. The SMILES string of the molecule is CCC1(N)C(C)CN(N)C(Cc2ccccc2)(Nc2ccccc2)C1(N)CC. The van der Waals surface area contributed by atoms with Crippen molar-refractivity contribution in [2.75, 3.05) is 11.9 Å². The molecule has 2 aromatic carbocycles. The fourth-order valence-corrected chi connectivity index (χ4v) is 5.12. The molecule has 0 amide bonds. The zero-order chi connectivity index (χ0) is 20.4. The number of nitrogens with two attached hydrogens (primary N) is 3. The Morgan fingerprint density at radius 2 is 1.54 bits per heavy atom. The van der Waals surface area contributed by atoms with Gasteiger partial charge >= 0.3 is 0 Å². The predicted octanol–water partition coefficient (Wildman–Crippen LogP) is 3.08. The molecule has 0 spiro atoms. The second kappa shape index (κ2) is 7.84. The molecule has 1 saturated heterocycles. The van der Waals surface area contributed by atoms with Gasteiger partial charge < -0.3 is 16.8 Å². The lowest BCUT2D eigenvalue weighted by atomic mass is 9.57. The summed E-state index contributed by atoms with van der Waals surface area (Å²) in [5.74, 6) is 6.94. The molecule has 0 radical (unpaired) electrons. The van der Waals surface area contributed by atoms with Crippen LogP contribution in [0.5, 0.6) is 0 Å². The fraction of sp³-hybridized carbons (Fsp3) is 0.478. The van der Waals surface area contributed by atoms with Crippen LogP contribution in [0, 0.1) is 5.92 Å². The number of hydrogen-bond acceptors (Lipinski definition) is 5. The molecule has 2 aromatic rings. The number of rotatable bonds is 6. The number of nitrogens with zero attached hydrogens (tertiary/aromatic N) is 1. The number of hydrazine groups is 1. The molecule has 5 nitrogen and oxygen atoms in total. The Kier molecular flexibility index (Phi) is 5.82. The van der Waals surface area contributed by atoms with Gasteiger partial charge in [0.1, 0.15) is 5.66 Å². The van der Waals surface area contributed by atoms with Crippen LogP contribution >= 0.6 is 0 Å². The Balaban J connectivity index is 2.19. The first-order valence-electron chi connectivity index (χ1n) is 10.3. The van der Waals surface area contributed by atoms with Crippen LogP contribution in [0.1, 0.15) is 39.2 Å². The van der Waals surface area contributed by atoms with Gasteiger partial charge in [-0.2, -0.15) is 0 Å². The summed E-state index contributed by atoms with van der Waals surface area (Å²) in [6, 6.07) is 20.5. The van der Waals surface area contributed by atoms with E-state index in [0.717, 1.165) is 12.1 Å². The Hall–Kier alpha value is -1.92. The van der Waals surface area contributed by atoms with E-state index < -0.39 is 16.7 Å². The predicted molar refractivity (Wildman–Crippen MR) is 117 cm³/mol. The van der Waals surface area contributed by atoms with Crippen LogP contribution in [0.2, 0.25) is 0 Å². The highest BCUT2D eigenvalue weighted by Crippen LogP contribution is 2.47. The van der Waals surface area contributed by atoms with Crippen molar-refractivity contribution >= 4 is 5.69 Å². The van der Waals surface area contributed by atoms with E-state index in [4.69, 9.17) is 17.3 Å². The van der Waals surface area contributed by atoms with E-state index in [-0.39, 0.29) is 5.92 Å². The third kappa shape index (κ3) is 3.12. The largest absolute Gasteiger partial charge is 0.364 e. The first-order valence-corrected chi connectivity index (χ1v) is 10.3. The van der Waals surface area contributed by atoms with Gasteiger partial charge in [-0.05, 0) is 36.5 Å². The van der Waals surface area contributed by atoms with Crippen LogP contribution < -0.4 is 22.6 Å². The minimum atomic E-state index is -0.743. The molecule has 152 valence electrons. The first-order chi connectivity index (χ1) is 13.3. The van der Waals surface area contributed by atoms with Gasteiger partial charge in [0.25, 0.3) is 0 Å². The van der Waals surface area contributed by atoms with Gasteiger partial charge in [-0.1, -0.05) is 69.3 Å². The number of para-hydroxylation sites is 1. The van der Waals surface area contributed by atoms with Crippen molar-refractivity contribution in [3.63, 3.8) is 0 Å².